The van der Waals surface area contributed by atoms with Crippen LogP contribution in [0.3, 0.4) is 0 Å². The summed E-state index contributed by atoms with van der Waals surface area (Å²) in [5.41, 5.74) is 0.674. The van der Waals surface area contributed by atoms with Gasteiger partial charge in [0.05, 0.1) is 30.7 Å². The van der Waals surface area contributed by atoms with Gasteiger partial charge in [-0.1, -0.05) is 0 Å². The second kappa shape index (κ2) is 9.36. The molecule has 2 rings (SSSR count). The predicted octanol–water partition coefficient (Wildman–Crippen LogP) is 2.65. The van der Waals surface area contributed by atoms with E-state index in [1.54, 1.807) is 25.1 Å². The van der Waals surface area contributed by atoms with E-state index < -0.39 is 29.4 Å². The van der Waals surface area contributed by atoms with Crippen LogP contribution in [0.1, 0.15) is 28.9 Å². The fraction of sp³-hybridized carbons (Fsp3) is 0.263. The van der Waals surface area contributed by atoms with Crippen molar-refractivity contribution >= 4 is 17.6 Å². The van der Waals surface area contributed by atoms with Gasteiger partial charge in [-0.25, -0.2) is 4.79 Å². The maximum Gasteiger partial charge on any atom is 0.338 e. The number of amides is 1. The molecular weight excluding hydrogens is 368 g/mol. The number of nitrogens with one attached hydrogen (secondary N) is 1. The molecule has 9 nitrogen and oxygen atoms in total. The van der Waals surface area contributed by atoms with E-state index in [0.29, 0.717) is 17.1 Å². The first-order chi connectivity index (χ1) is 13.3. The molecule has 0 fully saturated rings. The highest BCUT2D eigenvalue weighted by Gasteiger charge is 2.17. The van der Waals surface area contributed by atoms with Crippen LogP contribution in [0.2, 0.25) is 0 Å². The maximum absolute atomic E-state index is 12.1. The number of nitro groups is 1. The number of rotatable bonds is 8. The van der Waals surface area contributed by atoms with E-state index >= 15 is 0 Å². The Balaban J connectivity index is 1.94. The van der Waals surface area contributed by atoms with Crippen molar-refractivity contribution in [3.05, 3.63) is 63.7 Å². The van der Waals surface area contributed by atoms with Gasteiger partial charge in [-0.15, -0.1) is 0 Å². The number of ether oxygens (including phenoxy) is 3. The third kappa shape index (κ3) is 5.19. The van der Waals surface area contributed by atoms with Gasteiger partial charge < -0.3 is 19.5 Å². The lowest BCUT2D eigenvalue weighted by molar-refractivity contribution is -0.384. The van der Waals surface area contributed by atoms with Gasteiger partial charge in [-0.2, -0.15) is 0 Å². The highest BCUT2D eigenvalue weighted by Crippen LogP contribution is 2.29. The summed E-state index contributed by atoms with van der Waals surface area (Å²) < 4.78 is 15.4. The van der Waals surface area contributed by atoms with E-state index in [1.807, 2.05) is 0 Å². The van der Waals surface area contributed by atoms with E-state index in [4.69, 9.17) is 14.2 Å². The molecule has 0 saturated heterocycles. The molecule has 0 saturated carbocycles. The third-order valence-electron chi connectivity index (χ3n) is 3.93. The standard InChI is InChI=1S/C19H20N2O7/c1-12(16-10-15(26-2)8-9-17(16)27-3)20-18(22)11-28-19(23)13-4-6-14(7-5-13)21(24)25/h4-10,12H,11H2,1-3H3,(H,20,22). The molecule has 0 radical (unpaired) electrons. The smallest absolute Gasteiger partial charge is 0.338 e. The van der Waals surface area contributed by atoms with E-state index in [2.05, 4.69) is 5.32 Å². The molecule has 0 aliphatic carbocycles. The van der Waals surface area contributed by atoms with Crippen molar-refractivity contribution in [3.8, 4) is 11.5 Å². The number of non-ortho nitro benzene ring substituents is 1. The minimum absolute atomic E-state index is 0.112. The molecule has 9 heteroatoms. The Kier molecular flexibility index (Phi) is 6.91. The molecule has 0 spiro atoms. The minimum atomic E-state index is -0.753. The minimum Gasteiger partial charge on any atom is -0.497 e. The van der Waals surface area contributed by atoms with E-state index in [9.17, 15) is 19.7 Å². The van der Waals surface area contributed by atoms with Crippen LogP contribution >= 0.6 is 0 Å². The van der Waals surface area contributed by atoms with Crippen LogP contribution in [0.4, 0.5) is 5.69 Å². The second-order valence-electron chi connectivity index (χ2n) is 5.78. The summed E-state index contributed by atoms with van der Waals surface area (Å²) in [6, 6.07) is 9.70. The summed E-state index contributed by atoms with van der Waals surface area (Å²) in [7, 11) is 3.05. The van der Waals surface area contributed by atoms with E-state index in [-0.39, 0.29) is 11.3 Å². The lowest BCUT2D eigenvalue weighted by Crippen LogP contribution is -2.31. The van der Waals surface area contributed by atoms with E-state index in [0.717, 1.165) is 0 Å². The Bertz CT molecular complexity index is 865. The number of methoxy groups -OCH3 is 2. The first-order valence-corrected chi connectivity index (χ1v) is 8.28. The zero-order chi connectivity index (χ0) is 20.7. The van der Waals surface area contributed by atoms with Crippen LogP contribution < -0.4 is 14.8 Å². The van der Waals surface area contributed by atoms with Crippen molar-refractivity contribution < 1.29 is 28.7 Å². The fourth-order valence-electron chi connectivity index (χ4n) is 2.47. The van der Waals surface area contributed by atoms with Crippen LogP contribution in [0.25, 0.3) is 0 Å². The van der Waals surface area contributed by atoms with Gasteiger partial charge in [0, 0.05) is 17.7 Å². The second-order valence-corrected chi connectivity index (χ2v) is 5.78. The Hall–Kier alpha value is -3.62. The number of carbonyl (C=O) groups excluding carboxylic acids is 2. The lowest BCUT2D eigenvalue weighted by atomic mass is 10.1. The quantitative estimate of drug-likeness (QED) is 0.420. The van der Waals surface area contributed by atoms with Crippen molar-refractivity contribution in [1.82, 2.24) is 5.32 Å². The van der Waals surface area contributed by atoms with Crippen LogP contribution in [0.15, 0.2) is 42.5 Å². The number of carbonyl (C=O) groups is 2. The third-order valence-corrected chi connectivity index (χ3v) is 3.93. The predicted molar refractivity (Wildman–Crippen MR) is 99.5 cm³/mol. The Labute approximate surface area is 161 Å². The van der Waals surface area contributed by atoms with Crippen LogP contribution in [0.5, 0.6) is 11.5 Å². The Morgan fingerprint density at radius 1 is 1.11 bits per heavy atom. The van der Waals surface area contributed by atoms with Crippen molar-refractivity contribution in [1.29, 1.82) is 0 Å². The van der Waals surface area contributed by atoms with Gasteiger partial charge in [0.25, 0.3) is 11.6 Å². The first-order valence-electron chi connectivity index (χ1n) is 8.28. The normalized spacial score (nSPS) is 11.2. The summed E-state index contributed by atoms with van der Waals surface area (Å²) in [5.74, 6) is -0.0673. The van der Waals surface area contributed by atoms with Crippen molar-refractivity contribution in [2.75, 3.05) is 20.8 Å². The van der Waals surface area contributed by atoms with Gasteiger partial charge in [-0.3, -0.25) is 14.9 Å². The molecule has 28 heavy (non-hydrogen) atoms. The van der Waals surface area contributed by atoms with Crippen LogP contribution in [-0.4, -0.2) is 37.6 Å². The molecule has 0 aromatic heterocycles. The summed E-state index contributed by atoms with van der Waals surface area (Å²) in [4.78, 5) is 34.1. The highest BCUT2D eigenvalue weighted by molar-refractivity contribution is 5.91. The summed E-state index contributed by atoms with van der Waals surface area (Å²) in [6.45, 7) is 1.26. The first kappa shape index (κ1) is 20.7. The largest absolute Gasteiger partial charge is 0.497 e. The molecular formula is C19H20N2O7. The van der Waals surface area contributed by atoms with Crippen molar-refractivity contribution in [2.45, 2.75) is 13.0 Å². The topological polar surface area (TPSA) is 117 Å². The van der Waals surface area contributed by atoms with Gasteiger partial charge in [0.15, 0.2) is 6.61 Å². The molecule has 0 bridgehead atoms. The number of esters is 1. The van der Waals surface area contributed by atoms with Crippen molar-refractivity contribution in [2.24, 2.45) is 0 Å². The van der Waals surface area contributed by atoms with Crippen LogP contribution in [0, 0.1) is 10.1 Å². The summed E-state index contributed by atoms with van der Waals surface area (Å²) in [5, 5.41) is 13.3. The zero-order valence-corrected chi connectivity index (χ0v) is 15.6. The molecule has 1 atom stereocenters. The average Bonchev–Trinajstić information content (AvgIpc) is 2.71. The summed E-state index contributed by atoms with van der Waals surface area (Å²) >= 11 is 0. The Morgan fingerprint density at radius 3 is 2.36 bits per heavy atom. The molecule has 0 heterocycles. The molecule has 1 N–H and O–H groups in total. The molecule has 0 aliphatic rings. The zero-order valence-electron chi connectivity index (χ0n) is 15.6. The van der Waals surface area contributed by atoms with Gasteiger partial charge in [-0.05, 0) is 37.3 Å². The fourth-order valence-corrected chi connectivity index (χ4v) is 2.47. The monoisotopic (exact) mass is 388 g/mol. The molecule has 148 valence electrons. The van der Waals surface area contributed by atoms with Crippen LogP contribution in [-0.2, 0) is 9.53 Å². The Morgan fingerprint density at radius 2 is 1.79 bits per heavy atom. The average molecular weight is 388 g/mol. The molecule has 2 aromatic carbocycles. The van der Waals surface area contributed by atoms with Gasteiger partial charge >= 0.3 is 5.97 Å². The number of hydrogen-bond acceptors (Lipinski definition) is 7. The highest BCUT2D eigenvalue weighted by atomic mass is 16.6. The molecule has 1 unspecified atom stereocenters. The number of nitro benzene ring substituents is 1. The van der Waals surface area contributed by atoms with Gasteiger partial charge in [0.2, 0.25) is 0 Å². The molecule has 0 aliphatic heterocycles. The summed E-state index contributed by atoms with van der Waals surface area (Å²) in [6.07, 6.45) is 0. The van der Waals surface area contributed by atoms with Gasteiger partial charge in [0.1, 0.15) is 11.5 Å². The number of benzene rings is 2. The van der Waals surface area contributed by atoms with E-state index in [1.165, 1.54) is 38.5 Å². The molecule has 2 aromatic rings. The van der Waals surface area contributed by atoms with Crippen molar-refractivity contribution in [3.63, 3.8) is 0 Å². The number of nitrogens with zero attached hydrogens (tertiary/aromatic N) is 1. The number of hydrogen-bond donors (Lipinski definition) is 1. The molecule has 1 amide bonds. The maximum atomic E-state index is 12.1. The SMILES string of the molecule is COc1ccc(OC)c(C(C)NC(=O)COC(=O)c2ccc([N+](=O)[O-])cc2)c1. The lowest BCUT2D eigenvalue weighted by Gasteiger charge is -2.18.